The maximum absolute atomic E-state index is 12.7. The maximum atomic E-state index is 12.7. The van der Waals surface area contributed by atoms with E-state index >= 15 is 0 Å². The fourth-order valence-electron chi connectivity index (χ4n) is 3.60. The summed E-state index contributed by atoms with van der Waals surface area (Å²) < 4.78 is 0. The summed E-state index contributed by atoms with van der Waals surface area (Å²) in [4.78, 5) is 28.9. The van der Waals surface area contributed by atoms with Crippen LogP contribution in [0.4, 0.5) is 5.69 Å². The topological polar surface area (TPSA) is 64.7 Å². The lowest BCUT2D eigenvalue weighted by molar-refractivity contribution is -0.124. The average Bonchev–Trinajstić information content (AvgIpc) is 2.62. The van der Waals surface area contributed by atoms with Crippen LogP contribution in [0.1, 0.15) is 37.0 Å². The second kappa shape index (κ2) is 9.85. The number of carbonyl (C=O) groups is 2. The van der Waals surface area contributed by atoms with E-state index in [1.807, 2.05) is 27.7 Å². The fourth-order valence-corrected chi connectivity index (χ4v) is 3.60. The molecule has 150 valence electrons. The SMILES string of the molecule is CCCNC(=O)CN1CCN([C@H](C)C(=O)Nc2c(C)cc(C)cc2C)CC1. The van der Waals surface area contributed by atoms with Gasteiger partial charge < -0.3 is 10.6 Å². The van der Waals surface area contributed by atoms with Gasteiger partial charge in [0.15, 0.2) is 0 Å². The highest BCUT2D eigenvalue weighted by atomic mass is 16.2. The van der Waals surface area contributed by atoms with E-state index in [9.17, 15) is 9.59 Å². The number of hydrogen-bond acceptors (Lipinski definition) is 4. The molecule has 0 aromatic heterocycles. The third-order valence-corrected chi connectivity index (χ3v) is 5.20. The molecule has 1 aliphatic rings. The van der Waals surface area contributed by atoms with Gasteiger partial charge in [-0.15, -0.1) is 0 Å². The number of piperazine rings is 1. The number of hydrogen-bond donors (Lipinski definition) is 2. The molecule has 0 spiro atoms. The Hall–Kier alpha value is -1.92. The second-order valence-electron chi connectivity index (χ2n) is 7.60. The molecule has 6 heteroatoms. The monoisotopic (exact) mass is 374 g/mol. The molecule has 2 rings (SSSR count). The zero-order chi connectivity index (χ0) is 20.0. The van der Waals surface area contributed by atoms with Crippen molar-refractivity contribution in [3.8, 4) is 0 Å². The molecule has 1 aliphatic heterocycles. The highest BCUT2D eigenvalue weighted by Gasteiger charge is 2.26. The van der Waals surface area contributed by atoms with Crippen molar-refractivity contribution in [1.29, 1.82) is 0 Å². The van der Waals surface area contributed by atoms with Gasteiger partial charge in [-0.05, 0) is 45.2 Å². The normalized spacial score (nSPS) is 16.8. The van der Waals surface area contributed by atoms with E-state index in [4.69, 9.17) is 0 Å². The number of aryl methyl sites for hydroxylation is 3. The summed E-state index contributed by atoms with van der Waals surface area (Å²) in [6.07, 6.45) is 0.950. The first-order valence-electron chi connectivity index (χ1n) is 9.93. The van der Waals surface area contributed by atoms with Crippen LogP contribution >= 0.6 is 0 Å². The van der Waals surface area contributed by atoms with Crippen LogP contribution in [0.5, 0.6) is 0 Å². The van der Waals surface area contributed by atoms with Crippen molar-refractivity contribution in [2.75, 3.05) is 44.6 Å². The fraction of sp³-hybridized carbons (Fsp3) is 0.619. The molecular formula is C21H34N4O2. The zero-order valence-corrected chi connectivity index (χ0v) is 17.4. The van der Waals surface area contributed by atoms with Crippen molar-refractivity contribution in [1.82, 2.24) is 15.1 Å². The largest absolute Gasteiger partial charge is 0.355 e. The van der Waals surface area contributed by atoms with E-state index in [0.717, 1.165) is 56.0 Å². The zero-order valence-electron chi connectivity index (χ0n) is 17.4. The molecule has 0 saturated carbocycles. The van der Waals surface area contributed by atoms with Crippen molar-refractivity contribution in [2.24, 2.45) is 0 Å². The van der Waals surface area contributed by atoms with Gasteiger partial charge in [-0.2, -0.15) is 0 Å². The first-order valence-corrected chi connectivity index (χ1v) is 9.93. The van der Waals surface area contributed by atoms with Gasteiger partial charge in [0.05, 0.1) is 12.6 Å². The van der Waals surface area contributed by atoms with Crippen molar-refractivity contribution in [3.63, 3.8) is 0 Å². The number of benzene rings is 1. The van der Waals surface area contributed by atoms with Crippen LogP contribution in [-0.4, -0.2) is 66.9 Å². The Bertz CT molecular complexity index is 643. The summed E-state index contributed by atoms with van der Waals surface area (Å²) in [6.45, 7) is 14.5. The highest BCUT2D eigenvalue weighted by Crippen LogP contribution is 2.22. The molecule has 0 aliphatic carbocycles. The smallest absolute Gasteiger partial charge is 0.241 e. The Morgan fingerprint density at radius 2 is 1.67 bits per heavy atom. The van der Waals surface area contributed by atoms with Crippen molar-refractivity contribution >= 4 is 17.5 Å². The van der Waals surface area contributed by atoms with Gasteiger partial charge in [0.2, 0.25) is 11.8 Å². The second-order valence-corrected chi connectivity index (χ2v) is 7.60. The number of amides is 2. The number of nitrogens with zero attached hydrogens (tertiary/aromatic N) is 2. The minimum absolute atomic E-state index is 0.0270. The Morgan fingerprint density at radius 1 is 1.07 bits per heavy atom. The van der Waals surface area contributed by atoms with Gasteiger partial charge >= 0.3 is 0 Å². The van der Waals surface area contributed by atoms with Crippen LogP contribution in [0.3, 0.4) is 0 Å². The molecule has 1 aromatic carbocycles. The van der Waals surface area contributed by atoms with Crippen molar-refractivity contribution in [3.05, 3.63) is 28.8 Å². The van der Waals surface area contributed by atoms with Crippen LogP contribution in [0.2, 0.25) is 0 Å². The minimum atomic E-state index is -0.193. The summed E-state index contributed by atoms with van der Waals surface area (Å²) >= 11 is 0. The van der Waals surface area contributed by atoms with Crippen molar-refractivity contribution < 1.29 is 9.59 Å². The molecule has 1 saturated heterocycles. The van der Waals surface area contributed by atoms with Crippen LogP contribution < -0.4 is 10.6 Å². The van der Waals surface area contributed by atoms with Gasteiger partial charge in [-0.1, -0.05) is 24.6 Å². The van der Waals surface area contributed by atoms with Gasteiger partial charge in [0, 0.05) is 38.4 Å². The van der Waals surface area contributed by atoms with Crippen molar-refractivity contribution in [2.45, 2.75) is 47.1 Å². The molecule has 1 fully saturated rings. The van der Waals surface area contributed by atoms with Crippen LogP contribution in [0.25, 0.3) is 0 Å². The summed E-state index contributed by atoms with van der Waals surface area (Å²) in [5, 5.41) is 6.03. The van der Waals surface area contributed by atoms with Crippen LogP contribution in [0, 0.1) is 20.8 Å². The van der Waals surface area contributed by atoms with Crippen LogP contribution in [-0.2, 0) is 9.59 Å². The molecule has 1 heterocycles. The summed E-state index contributed by atoms with van der Waals surface area (Å²) in [5.41, 5.74) is 4.31. The molecule has 2 amide bonds. The van der Waals surface area contributed by atoms with Crippen LogP contribution in [0.15, 0.2) is 12.1 Å². The molecule has 1 aromatic rings. The predicted molar refractivity (Wildman–Crippen MR) is 110 cm³/mol. The number of nitrogens with one attached hydrogen (secondary N) is 2. The number of carbonyl (C=O) groups excluding carboxylic acids is 2. The lowest BCUT2D eigenvalue weighted by Crippen LogP contribution is -2.54. The van der Waals surface area contributed by atoms with E-state index in [2.05, 4.69) is 39.5 Å². The molecule has 0 bridgehead atoms. The van der Waals surface area contributed by atoms with E-state index in [1.165, 1.54) is 5.56 Å². The molecule has 1 atom stereocenters. The lowest BCUT2D eigenvalue weighted by Gasteiger charge is -2.37. The van der Waals surface area contributed by atoms with E-state index in [-0.39, 0.29) is 17.9 Å². The van der Waals surface area contributed by atoms with E-state index in [0.29, 0.717) is 6.54 Å². The third kappa shape index (κ3) is 6.04. The predicted octanol–water partition coefficient (Wildman–Crippen LogP) is 2.08. The Kier molecular flexibility index (Phi) is 7.80. The lowest BCUT2D eigenvalue weighted by atomic mass is 10.0. The number of anilines is 1. The molecule has 6 nitrogen and oxygen atoms in total. The minimum Gasteiger partial charge on any atom is -0.355 e. The molecule has 27 heavy (non-hydrogen) atoms. The number of rotatable bonds is 7. The Labute approximate surface area is 163 Å². The molecule has 2 N–H and O–H groups in total. The molecular weight excluding hydrogens is 340 g/mol. The quantitative estimate of drug-likeness (QED) is 0.767. The molecule has 0 radical (unpaired) electrons. The Morgan fingerprint density at radius 3 is 2.22 bits per heavy atom. The average molecular weight is 375 g/mol. The first kappa shape index (κ1) is 21.4. The van der Waals surface area contributed by atoms with Gasteiger partial charge in [0.1, 0.15) is 0 Å². The van der Waals surface area contributed by atoms with E-state index < -0.39 is 0 Å². The summed E-state index contributed by atoms with van der Waals surface area (Å²) in [6, 6.07) is 3.99. The van der Waals surface area contributed by atoms with Gasteiger partial charge in [-0.3, -0.25) is 19.4 Å². The highest BCUT2D eigenvalue weighted by molar-refractivity contribution is 5.96. The molecule has 0 unspecified atom stereocenters. The van der Waals surface area contributed by atoms with Gasteiger partial charge in [-0.25, -0.2) is 0 Å². The van der Waals surface area contributed by atoms with E-state index in [1.54, 1.807) is 0 Å². The first-order chi connectivity index (χ1) is 12.8. The summed E-state index contributed by atoms with van der Waals surface area (Å²) in [7, 11) is 0. The third-order valence-electron chi connectivity index (χ3n) is 5.20. The standard InChI is InChI=1S/C21H34N4O2/c1-6-7-22-19(26)14-24-8-10-25(11-9-24)18(5)21(27)23-20-16(3)12-15(2)13-17(20)4/h12-13,18H,6-11,14H2,1-5H3,(H,22,26)(H,23,27)/t18-/m1/s1. The van der Waals surface area contributed by atoms with Gasteiger partial charge in [0.25, 0.3) is 0 Å². The Balaban J connectivity index is 1.85. The maximum Gasteiger partial charge on any atom is 0.241 e. The summed E-state index contributed by atoms with van der Waals surface area (Å²) in [5.74, 6) is 0.112.